The Hall–Kier alpha value is -2.26. The van der Waals surface area contributed by atoms with Gasteiger partial charge in [-0.3, -0.25) is 4.79 Å². The molecule has 1 saturated heterocycles. The van der Waals surface area contributed by atoms with Crippen molar-refractivity contribution in [1.29, 1.82) is 0 Å². The molecule has 1 fully saturated rings. The lowest BCUT2D eigenvalue weighted by atomic mass is 10.1. The summed E-state index contributed by atoms with van der Waals surface area (Å²) in [7, 11) is 0. The highest BCUT2D eigenvalue weighted by atomic mass is 19.3. The van der Waals surface area contributed by atoms with E-state index >= 15 is 0 Å². The second-order valence-electron chi connectivity index (χ2n) is 6.77. The largest absolute Gasteiger partial charge is 0.508 e. The van der Waals surface area contributed by atoms with Crippen LogP contribution in [0.5, 0.6) is 11.5 Å². The number of phenols is 1. The number of hydrogen-bond acceptors (Lipinski definition) is 7. The molecule has 7 nitrogen and oxygen atoms in total. The Labute approximate surface area is 155 Å². The topological polar surface area (TPSA) is 91.3 Å². The highest BCUT2D eigenvalue weighted by Gasteiger charge is 2.39. The van der Waals surface area contributed by atoms with Crippen molar-refractivity contribution in [3.05, 3.63) is 24.3 Å². The van der Waals surface area contributed by atoms with Crippen molar-refractivity contribution < 1.29 is 42.4 Å². The van der Waals surface area contributed by atoms with Gasteiger partial charge in [0, 0.05) is 13.3 Å². The minimum absolute atomic E-state index is 0.0411. The van der Waals surface area contributed by atoms with Crippen molar-refractivity contribution in [2.24, 2.45) is 0 Å². The predicted molar refractivity (Wildman–Crippen MR) is 88.4 cm³/mol. The van der Waals surface area contributed by atoms with E-state index in [4.69, 9.17) is 14.2 Å². The molecule has 0 aromatic heterocycles. The Morgan fingerprint density at radius 1 is 1.22 bits per heavy atom. The van der Waals surface area contributed by atoms with E-state index in [1.54, 1.807) is 13.8 Å². The highest BCUT2D eigenvalue weighted by Crippen LogP contribution is 2.29. The Kier molecular flexibility index (Phi) is 6.38. The van der Waals surface area contributed by atoms with E-state index in [1.807, 2.05) is 0 Å². The standard InChI is InChI=1S/C18H22F2O7/c1-17(2)26-13(8-14(27-17)10-24-16(23)18(3,19)20)9-15(22)25-12-6-4-11(21)5-7-12/h4-7,13-14,21H,8-10H2,1-3H3. The molecule has 0 bridgehead atoms. The van der Waals surface area contributed by atoms with Crippen LogP contribution in [0.3, 0.4) is 0 Å². The van der Waals surface area contributed by atoms with E-state index in [2.05, 4.69) is 4.74 Å². The molecule has 0 spiro atoms. The summed E-state index contributed by atoms with van der Waals surface area (Å²) >= 11 is 0. The SMILES string of the molecule is CC1(C)OC(COC(=O)C(C)(F)F)CC(CC(=O)Oc2ccc(O)cc2)O1. The molecule has 9 heteroatoms. The number of hydrogen-bond donors (Lipinski definition) is 1. The summed E-state index contributed by atoms with van der Waals surface area (Å²) < 4.78 is 46.7. The minimum Gasteiger partial charge on any atom is -0.508 e. The predicted octanol–water partition coefficient (Wildman–Crippen LogP) is 2.80. The van der Waals surface area contributed by atoms with Gasteiger partial charge in [0.15, 0.2) is 5.79 Å². The molecule has 2 unspecified atom stereocenters. The number of carbonyl (C=O) groups excluding carboxylic acids is 2. The maximum atomic E-state index is 12.9. The molecule has 2 atom stereocenters. The van der Waals surface area contributed by atoms with Crippen molar-refractivity contribution in [2.75, 3.05) is 6.61 Å². The Balaban J connectivity index is 1.90. The fraction of sp³-hybridized carbons (Fsp3) is 0.556. The molecule has 0 radical (unpaired) electrons. The summed E-state index contributed by atoms with van der Waals surface area (Å²) in [6.07, 6.45) is -1.26. The molecule has 0 amide bonds. The van der Waals surface area contributed by atoms with Crippen LogP contribution in [0.4, 0.5) is 8.78 Å². The maximum Gasteiger partial charge on any atom is 0.376 e. The first-order valence-corrected chi connectivity index (χ1v) is 8.35. The van der Waals surface area contributed by atoms with Gasteiger partial charge in [-0.05, 0) is 38.1 Å². The first-order valence-electron chi connectivity index (χ1n) is 8.35. The summed E-state index contributed by atoms with van der Waals surface area (Å²) in [6.45, 7) is 3.28. The van der Waals surface area contributed by atoms with Gasteiger partial charge < -0.3 is 24.1 Å². The Bertz CT molecular complexity index is 667. The molecule has 0 aliphatic carbocycles. The van der Waals surface area contributed by atoms with Crippen LogP contribution >= 0.6 is 0 Å². The summed E-state index contributed by atoms with van der Waals surface area (Å²) in [6, 6.07) is 5.64. The fourth-order valence-electron chi connectivity index (χ4n) is 2.62. The van der Waals surface area contributed by atoms with Crippen LogP contribution in [0, 0.1) is 0 Å². The van der Waals surface area contributed by atoms with E-state index in [0.29, 0.717) is 6.92 Å². The maximum absolute atomic E-state index is 12.9. The molecule has 0 saturated carbocycles. The van der Waals surface area contributed by atoms with Gasteiger partial charge in [0.05, 0.1) is 18.6 Å². The molecule has 150 valence electrons. The second-order valence-corrected chi connectivity index (χ2v) is 6.77. The first-order chi connectivity index (χ1) is 12.4. The van der Waals surface area contributed by atoms with E-state index < -0.39 is 35.9 Å². The highest BCUT2D eigenvalue weighted by molar-refractivity contribution is 5.76. The summed E-state index contributed by atoms with van der Waals surface area (Å²) in [5.41, 5.74) is 0. The third-order valence-electron chi connectivity index (χ3n) is 3.65. The van der Waals surface area contributed by atoms with Crippen LogP contribution < -0.4 is 4.74 Å². The van der Waals surface area contributed by atoms with Gasteiger partial charge in [0.1, 0.15) is 18.1 Å². The average molecular weight is 388 g/mol. The normalized spacial score (nSPS) is 22.1. The third kappa shape index (κ3) is 6.76. The quantitative estimate of drug-likeness (QED) is 0.592. The molecular formula is C18H22F2O7. The number of esters is 2. The van der Waals surface area contributed by atoms with Gasteiger partial charge in [-0.25, -0.2) is 4.79 Å². The van der Waals surface area contributed by atoms with Gasteiger partial charge in [-0.15, -0.1) is 0 Å². The van der Waals surface area contributed by atoms with Crippen LogP contribution in [0.15, 0.2) is 24.3 Å². The summed E-state index contributed by atoms with van der Waals surface area (Å²) in [5, 5.41) is 9.22. The van der Waals surface area contributed by atoms with Gasteiger partial charge in [-0.1, -0.05) is 0 Å². The third-order valence-corrected chi connectivity index (χ3v) is 3.65. The van der Waals surface area contributed by atoms with Crippen molar-refractivity contribution in [3.8, 4) is 11.5 Å². The number of phenolic OH excluding ortho intramolecular Hbond substituents is 1. The second kappa shape index (κ2) is 8.18. The van der Waals surface area contributed by atoms with Crippen LogP contribution in [0.25, 0.3) is 0 Å². The zero-order valence-corrected chi connectivity index (χ0v) is 15.2. The fourth-order valence-corrected chi connectivity index (χ4v) is 2.62. The van der Waals surface area contributed by atoms with E-state index in [1.165, 1.54) is 24.3 Å². The Morgan fingerprint density at radius 3 is 2.41 bits per heavy atom. The van der Waals surface area contributed by atoms with Crippen LogP contribution in [-0.4, -0.2) is 47.6 Å². The average Bonchev–Trinajstić information content (AvgIpc) is 2.52. The lowest BCUT2D eigenvalue weighted by molar-refractivity contribution is -0.305. The number of halogens is 2. The van der Waals surface area contributed by atoms with E-state index in [0.717, 1.165) is 0 Å². The molecule has 27 heavy (non-hydrogen) atoms. The molecule has 2 rings (SSSR count). The number of alkyl halides is 2. The molecule has 1 N–H and O–H groups in total. The number of benzene rings is 1. The molecule has 1 aliphatic heterocycles. The van der Waals surface area contributed by atoms with Gasteiger partial charge in [0.2, 0.25) is 0 Å². The molecule has 1 heterocycles. The van der Waals surface area contributed by atoms with Crippen molar-refractivity contribution in [2.45, 2.75) is 57.5 Å². The zero-order valence-electron chi connectivity index (χ0n) is 15.2. The molecular weight excluding hydrogens is 366 g/mol. The van der Waals surface area contributed by atoms with Crippen molar-refractivity contribution in [1.82, 2.24) is 0 Å². The number of aromatic hydroxyl groups is 1. The summed E-state index contributed by atoms with van der Waals surface area (Å²) in [4.78, 5) is 23.3. The van der Waals surface area contributed by atoms with Crippen molar-refractivity contribution >= 4 is 11.9 Å². The van der Waals surface area contributed by atoms with Gasteiger partial charge in [-0.2, -0.15) is 8.78 Å². The minimum atomic E-state index is -3.59. The lowest BCUT2D eigenvalue weighted by Crippen LogP contribution is -2.47. The van der Waals surface area contributed by atoms with Crippen LogP contribution in [0.2, 0.25) is 0 Å². The monoisotopic (exact) mass is 388 g/mol. The summed E-state index contributed by atoms with van der Waals surface area (Å²) in [5.74, 6) is -6.58. The number of carbonyl (C=O) groups is 2. The van der Waals surface area contributed by atoms with Gasteiger partial charge in [0.25, 0.3) is 0 Å². The smallest absolute Gasteiger partial charge is 0.376 e. The van der Waals surface area contributed by atoms with Crippen molar-refractivity contribution in [3.63, 3.8) is 0 Å². The number of rotatable bonds is 6. The van der Waals surface area contributed by atoms with E-state index in [-0.39, 0.29) is 30.9 Å². The molecule has 1 aromatic rings. The number of ether oxygens (including phenoxy) is 4. The van der Waals surface area contributed by atoms with Crippen LogP contribution in [0.1, 0.15) is 33.6 Å². The lowest BCUT2D eigenvalue weighted by Gasteiger charge is -2.40. The Morgan fingerprint density at radius 2 is 1.81 bits per heavy atom. The molecule has 1 aromatic carbocycles. The van der Waals surface area contributed by atoms with E-state index in [9.17, 15) is 23.5 Å². The molecule has 1 aliphatic rings. The zero-order chi connectivity index (χ0) is 20.2. The van der Waals surface area contributed by atoms with Crippen LogP contribution in [-0.2, 0) is 23.8 Å². The first kappa shape index (κ1) is 21.0. The van der Waals surface area contributed by atoms with Gasteiger partial charge >= 0.3 is 17.9 Å².